The minimum Gasteiger partial charge on any atom is -0.468 e. The highest BCUT2D eigenvalue weighted by atomic mass is 16.3. The monoisotopic (exact) mass is 512 g/mol. The molecule has 4 aliphatic rings. The Morgan fingerprint density at radius 2 is 1.27 bits per heavy atom. The second kappa shape index (κ2) is 7.48. The van der Waals surface area contributed by atoms with Gasteiger partial charge in [-0.05, 0) is 113 Å². The van der Waals surface area contributed by atoms with Gasteiger partial charge in [0.25, 0.3) is 6.71 Å². The van der Waals surface area contributed by atoms with Crippen LogP contribution in [0.1, 0.15) is 22.3 Å². The van der Waals surface area contributed by atoms with E-state index in [0.29, 0.717) is 0 Å². The summed E-state index contributed by atoms with van der Waals surface area (Å²) in [4.78, 5) is 4.96. The summed E-state index contributed by atoms with van der Waals surface area (Å²) in [6.07, 6.45) is 4.69. The number of anilines is 6. The van der Waals surface area contributed by atoms with Gasteiger partial charge in [-0.3, -0.25) is 0 Å². The van der Waals surface area contributed by atoms with Crippen LogP contribution in [-0.2, 0) is 25.7 Å². The fourth-order valence-corrected chi connectivity index (χ4v) is 7.50. The lowest BCUT2D eigenvalue weighted by Crippen LogP contribution is -2.61. The highest BCUT2D eigenvalue weighted by Gasteiger charge is 2.47. The molecule has 188 valence electrons. The van der Waals surface area contributed by atoms with E-state index in [9.17, 15) is 0 Å². The molecule has 6 aromatic rings. The Balaban J connectivity index is 1.33. The van der Waals surface area contributed by atoms with E-state index >= 15 is 0 Å². The topological polar surface area (TPSA) is 19.6 Å². The second-order valence-corrected chi connectivity index (χ2v) is 11.6. The van der Waals surface area contributed by atoms with E-state index in [-0.39, 0.29) is 6.71 Å². The zero-order valence-electron chi connectivity index (χ0n) is 22.0. The molecule has 10 rings (SSSR count). The zero-order chi connectivity index (χ0) is 25.9. The lowest BCUT2D eigenvalue weighted by Gasteiger charge is -2.43. The summed E-state index contributed by atoms with van der Waals surface area (Å²) in [6, 6.07) is 38.2. The first-order chi connectivity index (χ1) is 19.8. The van der Waals surface area contributed by atoms with Crippen LogP contribution >= 0.6 is 0 Å². The van der Waals surface area contributed by atoms with Gasteiger partial charge in [0, 0.05) is 33.8 Å². The third-order valence-electron chi connectivity index (χ3n) is 9.60. The standard InChI is InChI=1S/C36H25BN2O/c1-2-7-26(8-3-1)39-31-11-6-10-30-34(31)37(36-35(39)28-9-4-5-12-33(28)40-36)29-20-24-15-16-25(24)21-32(29)38(30)27-18-17-22-13-14-23(22)19-27/h1-12,17-21H,13-16H2. The maximum absolute atomic E-state index is 6.86. The molecule has 0 fully saturated rings. The van der Waals surface area contributed by atoms with Gasteiger partial charge < -0.3 is 14.2 Å². The highest BCUT2D eigenvalue weighted by molar-refractivity contribution is 7.00. The average Bonchev–Trinajstić information content (AvgIpc) is 3.35. The first kappa shape index (κ1) is 21.2. The number of furan rings is 1. The van der Waals surface area contributed by atoms with Crippen LogP contribution in [-0.4, -0.2) is 6.71 Å². The summed E-state index contributed by atoms with van der Waals surface area (Å²) < 4.78 is 6.86. The van der Waals surface area contributed by atoms with Crippen molar-refractivity contribution in [3.63, 3.8) is 0 Å². The van der Waals surface area contributed by atoms with Gasteiger partial charge in [-0.1, -0.05) is 48.5 Å². The molecule has 0 radical (unpaired) electrons. The summed E-state index contributed by atoms with van der Waals surface area (Å²) in [5.41, 5.74) is 18.0. The number of para-hydroxylation sites is 2. The molecular weight excluding hydrogens is 487 g/mol. The first-order valence-electron chi connectivity index (χ1n) is 14.4. The van der Waals surface area contributed by atoms with E-state index in [2.05, 4.69) is 113 Å². The zero-order valence-corrected chi connectivity index (χ0v) is 22.0. The lowest BCUT2D eigenvalue weighted by molar-refractivity contribution is 0.651. The molecule has 5 aromatic carbocycles. The maximum atomic E-state index is 6.86. The van der Waals surface area contributed by atoms with Crippen molar-refractivity contribution in [2.24, 2.45) is 0 Å². The summed E-state index contributed by atoms with van der Waals surface area (Å²) >= 11 is 0. The molecule has 0 saturated carbocycles. The first-order valence-corrected chi connectivity index (χ1v) is 14.4. The molecule has 40 heavy (non-hydrogen) atoms. The van der Waals surface area contributed by atoms with Gasteiger partial charge in [0.1, 0.15) is 5.58 Å². The molecule has 3 nitrogen and oxygen atoms in total. The Hall–Kier alpha value is -4.70. The van der Waals surface area contributed by atoms with Crippen LogP contribution in [0.25, 0.3) is 11.0 Å². The SMILES string of the molecule is c1ccc(N2c3cccc4c3B(c3cc5c(cc3N4c3ccc4c(c3)CC4)CC5)c3oc4ccccc4c32)cc1. The Labute approximate surface area is 233 Å². The number of benzene rings is 5. The highest BCUT2D eigenvalue weighted by Crippen LogP contribution is 2.47. The maximum Gasteiger partial charge on any atom is 0.297 e. The van der Waals surface area contributed by atoms with Gasteiger partial charge in [-0.25, -0.2) is 0 Å². The number of fused-ring (bicyclic) bond motifs is 8. The molecule has 0 unspecified atom stereocenters. The number of hydrogen-bond acceptors (Lipinski definition) is 3. The molecule has 0 amide bonds. The largest absolute Gasteiger partial charge is 0.468 e. The van der Waals surface area contributed by atoms with Gasteiger partial charge >= 0.3 is 0 Å². The van der Waals surface area contributed by atoms with Crippen LogP contribution in [0, 0.1) is 0 Å². The van der Waals surface area contributed by atoms with Gasteiger partial charge in [-0.15, -0.1) is 0 Å². The fourth-order valence-electron chi connectivity index (χ4n) is 7.50. The summed E-state index contributed by atoms with van der Waals surface area (Å²) in [6.45, 7) is 0.0392. The number of aryl methyl sites for hydroxylation is 4. The molecule has 0 atom stereocenters. The molecule has 0 bridgehead atoms. The van der Waals surface area contributed by atoms with Crippen LogP contribution in [0.5, 0.6) is 0 Å². The number of hydrogen-bond donors (Lipinski definition) is 0. The van der Waals surface area contributed by atoms with Gasteiger partial charge in [0.05, 0.1) is 11.3 Å². The summed E-state index contributed by atoms with van der Waals surface area (Å²) in [5, 5.41) is 1.16. The van der Waals surface area contributed by atoms with E-state index in [1.165, 1.54) is 74.5 Å². The molecule has 1 aromatic heterocycles. The van der Waals surface area contributed by atoms with Crippen LogP contribution in [0.3, 0.4) is 0 Å². The van der Waals surface area contributed by atoms with Crippen molar-refractivity contribution in [1.82, 2.24) is 0 Å². The van der Waals surface area contributed by atoms with Crippen LogP contribution < -0.4 is 26.4 Å². The van der Waals surface area contributed by atoms with E-state index in [0.717, 1.165) is 35.2 Å². The van der Waals surface area contributed by atoms with Crippen molar-refractivity contribution >= 4 is 68.4 Å². The van der Waals surface area contributed by atoms with Gasteiger partial charge in [0.15, 0.2) is 0 Å². The van der Waals surface area contributed by atoms with E-state index in [4.69, 9.17) is 4.42 Å². The third-order valence-corrected chi connectivity index (χ3v) is 9.60. The minimum atomic E-state index is 0.0392. The molecule has 3 heterocycles. The third kappa shape index (κ3) is 2.61. The molecule has 0 saturated heterocycles. The van der Waals surface area contributed by atoms with Crippen LogP contribution in [0.4, 0.5) is 34.1 Å². The summed E-state index contributed by atoms with van der Waals surface area (Å²) in [5.74, 6) is 0. The van der Waals surface area contributed by atoms with Crippen LogP contribution in [0.15, 0.2) is 108 Å². The Kier molecular flexibility index (Phi) is 3.96. The molecule has 0 spiro atoms. The Morgan fingerprint density at radius 3 is 2.08 bits per heavy atom. The van der Waals surface area contributed by atoms with Crippen LogP contribution in [0.2, 0.25) is 0 Å². The fraction of sp³-hybridized carbons (Fsp3) is 0.111. The average molecular weight is 512 g/mol. The van der Waals surface area contributed by atoms with E-state index < -0.39 is 0 Å². The predicted molar refractivity (Wildman–Crippen MR) is 165 cm³/mol. The second-order valence-electron chi connectivity index (χ2n) is 11.6. The molecule has 4 heteroatoms. The normalized spacial score (nSPS) is 15.4. The Morgan fingerprint density at radius 1 is 0.550 bits per heavy atom. The van der Waals surface area contributed by atoms with Crippen molar-refractivity contribution in [1.29, 1.82) is 0 Å². The molecule has 2 aliphatic heterocycles. The van der Waals surface area contributed by atoms with E-state index in [1.807, 2.05) is 0 Å². The van der Waals surface area contributed by atoms with Crippen molar-refractivity contribution in [2.45, 2.75) is 25.7 Å². The van der Waals surface area contributed by atoms with Crippen molar-refractivity contribution in [2.75, 3.05) is 9.80 Å². The van der Waals surface area contributed by atoms with Crippen molar-refractivity contribution < 1.29 is 4.42 Å². The van der Waals surface area contributed by atoms with Gasteiger partial charge in [-0.2, -0.15) is 0 Å². The minimum absolute atomic E-state index is 0.0392. The van der Waals surface area contributed by atoms with Crippen molar-refractivity contribution in [3.05, 3.63) is 125 Å². The lowest BCUT2D eigenvalue weighted by atomic mass is 9.35. The molecule has 0 N–H and O–H groups in total. The predicted octanol–water partition coefficient (Wildman–Crippen LogP) is 6.71. The van der Waals surface area contributed by atoms with Crippen molar-refractivity contribution in [3.8, 4) is 0 Å². The quantitative estimate of drug-likeness (QED) is 0.240. The molecular formula is C36H25BN2O. The number of rotatable bonds is 2. The molecule has 2 aliphatic carbocycles. The smallest absolute Gasteiger partial charge is 0.297 e. The van der Waals surface area contributed by atoms with E-state index in [1.54, 1.807) is 0 Å². The van der Waals surface area contributed by atoms with Gasteiger partial charge in [0.2, 0.25) is 0 Å². The Bertz CT molecular complexity index is 2040. The summed E-state index contributed by atoms with van der Waals surface area (Å²) in [7, 11) is 0. The number of nitrogens with zero attached hydrogens (tertiary/aromatic N) is 2.